The average molecular weight is 342 g/mol. The summed E-state index contributed by atoms with van der Waals surface area (Å²) in [7, 11) is 0. The summed E-state index contributed by atoms with van der Waals surface area (Å²) in [6.45, 7) is 4.72. The summed E-state index contributed by atoms with van der Waals surface area (Å²) in [5.41, 5.74) is 1.90. The fourth-order valence-corrected chi connectivity index (χ4v) is 2.42. The molecule has 1 heterocycles. The summed E-state index contributed by atoms with van der Waals surface area (Å²) in [6, 6.07) is 9.95. The molecular formula is C18H18N2O5. The lowest BCUT2D eigenvalue weighted by Crippen LogP contribution is -2.12. The maximum atomic E-state index is 12.5. The van der Waals surface area contributed by atoms with Crippen molar-refractivity contribution in [3.8, 4) is 11.5 Å². The van der Waals surface area contributed by atoms with E-state index in [4.69, 9.17) is 13.9 Å². The molecule has 0 unspecified atom stereocenters. The van der Waals surface area contributed by atoms with E-state index in [1.165, 1.54) is 0 Å². The maximum absolute atomic E-state index is 12.5. The van der Waals surface area contributed by atoms with Crippen LogP contribution in [-0.4, -0.2) is 24.1 Å². The highest BCUT2D eigenvalue weighted by atomic mass is 16.5. The molecule has 0 spiro atoms. The number of H-pyrrole nitrogens is 1. The first-order chi connectivity index (χ1) is 12.1. The third kappa shape index (κ3) is 3.65. The maximum Gasteiger partial charge on any atom is 0.417 e. The fraction of sp³-hybridized carbons (Fsp3) is 0.222. The number of hydrogen-bond donors (Lipinski definition) is 2. The van der Waals surface area contributed by atoms with Gasteiger partial charge in [-0.2, -0.15) is 0 Å². The molecule has 0 radical (unpaired) electrons. The van der Waals surface area contributed by atoms with Crippen LogP contribution >= 0.6 is 0 Å². The van der Waals surface area contributed by atoms with Crippen molar-refractivity contribution < 1.29 is 18.7 Å². The zero-order valence-corrected chi connectivity index (χ0v) is 13.9. The van der Waals surface area contributed by atoms with Crippen LogP contribution in [-0.2, 0) is 0 Å². The van der Waals surface area contributed by atoms with Crippen LogP contribution in [0.1, 0.15) is 24.2 Å². The fourth-order valence-electron chi connectivity index (χ4n) is 2.42. The molecule has 0 bridgehead atoms. The van der Waals surface area contributed by atoms with Crippen molar-refractivity contribution in [2.24, 2.45) is 0 Å². The minimum Gasteiger partial charge on any atom is -0.490 e. The standard InChI is InChI=1S/C18H18N2O5/c1-3-23-14-8-5-11(9-16(14)24-4-2)17(21)19-12-6-7-13-15(10-12)25-18(22)20-13/h5-10H,3-4H2,1-2H3,(H,19,21)(H,20,22). The minimum atomic E-state index is -0.536. The van der Waals surface area contributed by atoms with Crippen LogP contribution in [0.15, 0.2) is 45.6 Å². The number of anilines is 1. The van der Waals surface area contributed by atoms with Gasteiger partial charge in [0.15, 0.2) is 17.1 Å². The Morgan fingerprint density at radius 2 is 1.84 bits per heavy atom. The molecule has 3 aromatic rings. The van der Waals surface area contributed by atoms with Crippen molar-refractivity contribution in [2.75, 3.05) is 18.5 Å². The monoisotopic (exact) mass is 342 g/mol. The van der Waals surface area contributed by atoms with Gasteiger partial charge in [-0.15, -0.1) is 0 Å². The second-order valence-electron chi connectivity index (χ2n) is 5.21. The lowest BCUT2D eigenvalue weighted by Gasteiger charge is -2.12. The second kappa shape index (κ2) is 7.12. The number of carbonyl (C=O) groups excluding carboxylic acids is 1. The predicted molar refractivity (Wildman–Crippen MR) is 93.6 cm³/mol. The van der Waals surface area contributed by atoms with Crippen molar-refractivity contribution in [1.82, 2.24) is 4.98 Å². The van der Waals surface area contributed by atoms with E-state index in [-0.39, 0.29) is 5.91 Å². The van der Waals surface area contributed by atoms with E-state index in [2.05, 4.69) is 10.3 Å². The van der Waals surface area contributed by atoms with Gasteiger partial charge in [-0.05, 0) is 44.2 Å². The van der Waals surface area contributed by atoms with Gasteiger partial charge in [0.1, 0.15) is 0 Å². The lowest BCUT2D eigenvalue weighted by molar-refractivity contribution is 0.102. The third-order valence-electron chi connectivity index (χ3n) is 3.48. The second-order valence-corrected chi connectivity index (χ2v) is 5.21. The van der Waals surface area contributed by atoms with Crippen LogP contribution in [0.5, 0.6) is 11.5 Å². The number of amides is 1. The van der Waals surface area contributed by atoms with E-state index in [9.17, 15) is 9.59 Å². The normalized spacial score (nSPS) is 10.6. The van der Waals surface area contributed by atoms with E-state index < -0.39 is 5.76 Å². The van der Waals surface area contributed by atoms with Gasteiger partial charge in [0.05, 0.1) is 18.7 Å². The molecular weight excluding hydrogens is 324 g/mol. The van der Waals surface area contributed by atoms with Gasteiger partial charge < -0.3 is 19.2 Å². The molecule has 7 heteroatoms. The smallest absolute Gasteiger partial charge is 0.417 e. The summed E-state index contributed by atoms with van der Waals surface area (Å²) >= 11 is 0. The number of rotatable bonds is 6. The largest absolute Gasteiger partial charge is 0.490 e. The highest BCUT2D eigenvalue weighted by molar-refractivity contribution is 6.05. The van der Waals surface area contributed by atoms with Crippen LogP contribution < -0.4 is 20.5 Å². The number of oxazole rings is 1. The molecule has 130 valence electrons. The zero-order chi connectivity index (χ0) is 17.8. The Hall–Kier alpha value is -3.22. The van der Waals surface area contributed by atoms with Gasteiger partial charge in [-0.25, -0.2) is 4.79 Å². The zero-order valence-electron chi connectivity index (χ0n) is 13.9. The Bertz CT molecular complexity index is 957. The Labute approximate surface area is 143 Å². The van der Waals surface area contributed by atoms with E-state index >= 15 is 0 Å². The average Bonchev–Trinajstić information content (AvgIpc) is 2.96. The van der Waals surface area contributed by atoms with Gasteiger partial charge >= 0.3 is 5.76 Å². The molecule has 0 saturated heterocycles. The number of fused-ring (bicyclic) bond motifs is 1. The molecule has 0 aliphatic heterocycles. The first-order valence-corrected chi connectivity index (χ1v) is 7.94. The number of benzene rings is 2. The summed E-state index contributed by atoms with van der Waals surface area (Å²) in [5, 5.41) is 2.77. The van der Waals surface area contributed by atoms with Crippen LogP contribution in [0.3, 0.4) is 0 Å². The van der Waals surface area contributed by atoms with Crippen molar-refractivity contribution in [2.45, 2.75) is 13.8 Å². The van der Waals surface area contributed by atoms with Gasteiger partial charge in [-0.3, -0.25) is 9.78 Å². The van der Waals surface area contributed by atoms with E-state index in [1.807, 2.05) is 13.8 Å². The van der Waals surface area contributed by atoms with Gasteiger partial charge in [-0.1, -0.05) is 0 Å². The molecule has 0 saturated carbocycles. The number of aromatic amines is 1. The molecule has 7 nitrogen and oxygen atoms in total. The molecule has 3 rings (SSSR count). The molecule has 2 N–H and O–H groups in total. The highest BCUT2D eigenvalue weighted by Gasteiger charge is 2.12. The summed E-state index contributed by atoms with van der Waals surface area (Å²) in [6.07, 6.45) is 0. The molecule has 0 fully saturated rings. The number of ether oxygens (including phenoxy) is 2. The van der Waals surface area contributed by atoms with Gasteiger partial charge in [0.25, 0.3) is 5.91 Å². The molecule has 0 aliphatic carbocycles. The van der Waals surface area contributed by atoms with Gasteiger partial charge in [0, 0.05) is 17.3 Å². The van der Waals surface area contributed by atoms with Crippen LogP contribution in [0.2, 0.25) is 0 Å². The number of carbonyl (C=O) groups is 1. The lowest BCUT2D eigenvalue weighted by atomic mass is 10.1. The first kappa shape index (κ1) is 16.6. The molecule has 0 aliphatic rings. The quantitative estimate of drug-likeness (QED) is 0.717. The van der Waals surface area contributed by atoms with E-state index in [0.29, 0.717) is 47.1 Å². The van der Waals surface area contributed by atoms with E-state index in [1.54, 1.807) is 36.4 Å². The van der Waals surface area contributed by atoms with Crippen molar-refractivity contribution in [3.63, 3.8) is 0 Å². The Balaban J connectivity index is 1.83. The SMILES string of the molecule is CCOc1ccc(C(=O)Nc2ccc3[nH]c(=O)oc3c2)cc1OCC. The van der Waals surface area contributed by atoms with Crippen LogP contribution in [0.4, 0.5) is 5.69 Å². The Kier molecular flexibility index (Phi) is 4.74. The summed E-state index contributed by atoms with van der Waals surface area (Å²) in [5.74, 6) is 0.271. The molecule has 2 aromatic carbocycles. The summed E-state index contributed by atoms with van der Waals surface area (Å²) < 4.78 is 16.0. The van der Waals surface area contributed by atoms with Crippen LogP contribution in [0.25, 0.3) is 11.1 Å². The predicted octanol–water partition coefficient (Wildman–Crippen LogP) is 3.17. The third-order valence-corrected chi connectivity index (χ3v) is 3.48. The molecule has 0 atom stereocenters. The number of hydrogen-bond acceptors (Lipinski definition) is 5. The molecule has 25 heavy (non-hydrogen) atoms. The van der Waals surface area contributed by atoms with E-state index in [0.717, 1.165) is 0 Å². The first-order valence-electron chi connectivity index (χ1n) is 7.94. The van der Waals surface area contributed by atoms with Crippen molar-refractivity contribution in [3.05, 3.63) is 52.5 Å². The number of nitrogens with one attached hydrogen (secondary N) is 2. The van der Waals surface area contributed by atoms with Crippen molar-refractivity contribution in [1.29, 1.82) is 0 Å². The Morgan fingerprint density at radius 3 is 2.60 bits per heavy atom. The topological polar surface area (TPSA) is 93.6 Å². The summed E-state index contributed by atoms with van der Waals surface area (Å²) in [4.78, 5) is 26.2. The minimum absolute atomic E-state index is 0.304. The number of aromatic nitrogens is 1. The highest BCUT2D eigenvalue weighted by Crippen LogP contribution is 2.29. The molecule has 1 aromatic heterocycles. The van der Waals surface area contributed by atoms with Crippen LogP contribution in [0, 0.1) is 0 Å². The van der Waals surface area contributed by atoms with Crippen molar-refractivity contribution >= 4 is 22.7 Å². The molecule has 1 amide bonds. The van der Waals surface area contributed by atoms with Gasteiger partial charge in [0.2, 0.25) is 0 Å². The Morgan fingerprint density at radius 1 is 1.08 bits per heavy atom.